The summed E-state index contributed by atoms with van der Waals surface area (Å²) in [6.45, 7) is 10.6. The molecule has 2 aromatic heterocycles. The zero-order chi connectivity index (χ0) is 35.4. The molecular weight excluding hydrogens is 638 g/mol. The van der Waals surface area contributed by atoms with Crippen molar-refractivity contribution in [3.8, 4) is 23.0 Å². The van der Waals surface area contributed by atoms with Crippen LogP contribution >= 0.6 is 0 Å². The van der Waals surface area contributed by atoms with Crippen LogP contribution in [-0.4, -0.2) is 63.5 Å². The highest BCUT2D eigenvalue weighted by Crippen LogP contribution is 2.37. The second-order valence-corrected chi connectivity index (χ2v) is 14.8. The molecule has 51 heavy (non-hydrogen) atoms. The Hall–Kier alpha value is -4.89. The molecule has 9 heteroatoms. The van der Waals surface area contributed by atoms with E-state index >= 15 is 0 Å². The SMILES string of the molecule is Cn1nc(-c2ccc(OCc3ccccc3)nc2OCc2ccccc2)c2ccc(N3CCN([C@H]4CC[C@H](C(=O)OC(C)(C)C)CC4)CC3)cc21. The predicted molar refractivity (Wildman–Crippen MR) is 201 cm³/mol. The summed E-state index contributed by atoms with van der Waals surface area (Å²) >= 11 is 0. The first-order chi connectivity index (χ1) is 24.7. The standard InChI is InChI=1S/C42H49N5O4/c1-42(2,3)51-41(48)32-15-17-33(18-16-32)46-23-25-47(26-24-46)34-19-20-35-37(27-34)45(4)44-39(35)36-21-22-38(49-28-30-11-7-5-8-12-30)43-40(36)50-29-31-13-9-6-10-14-31/h5-14,19-22,27,32-33H,15-18,23-26,28-29H2,1-4H3/t32-,33-. The molecule has 0 atom stereocenters. The van der Waals surface area contributed by atoms with Crippen LogP contribution in [0.5, 0.6) is 11.8 Å². The number of hydrogen-bond acceptors (Lipinski definition) is 8. The van der Waals surface area contributed by atoms with E-state index in [-0.39, 0.29) is 11.9 Å². The molecule has 3 aromatic carbocycles. The maximum Gasteiger partial charge on any atom is 0.309 e. The third kappa shape index (κ3) is 8.37. The highest BCUT2D eigenvalue weighted by Gasteiger charge is 2.33. The number of aryl methyl sites for hydroxylation is 1. The first kappa shape index (κ1) is 34.6. The number of piperazine rings is 1. The minimum absolute atomic E-state index is 0.0310. The summed E-state index contributed by atoms with van der Waals surface area (Å²) < 4.78 is 20.1. The van der Waals surface area contributed by atoms with E-state index in [1.54, 1.807) is 0 Å². The van der Waals surface area contributed by atoms with Crippen LogP contribution in [0, 0.1) is 5.92 Å². The zero-order valence-corrected chi connectivity index (χ0v) is 30.3. The number of rotatable bonds is 10. The lowest BCUT2D eigenvalue weighted by molar-refractivity contribution is -0.161. The van der Waals surface area contributed by atoms with Gasteiger partial charge in [-0.25, -0.2) is 0 Å². The molecule has 9 nitrogen and oxygen atoms in total. The molecule has 1 saturated carbocycles. The first-order valence-corrected chi connectivity index (χ1v) is 18.2. The molecule has 7 rings (SSSR count). The van der Waals surface area contributed by atoms with Crippen LogP contribution in [0.25, 0.3) is 22.2 Å². The Morgan fingerprint density at radius 2 is 1.43 bits per heavy atom. The van der Waals surface area contributed by atoms with Gasteiger partial charge in [-0.2, -0.15) is 10.1 Å². The Balaban J connectivity index is 1.04. The van der Waals surface area contributed by atoms with Gasteiger partial charge in [-0.3, -0.25) is 14.4 Å². The van der Waals surface area contributed by atoms with Gasteiger partial charge < -0.3 is 19.1 Å². The molecule has 2 aliphatic rings. The lowest BCUT2D eigenvalue weighted by Crippen LogP contribution is -2.51. The molecule has 2 fully saturated rings. The molecule has 266 valence electrons. The van der Waals surface area contributed by atoms with E-state index in [1.165, 1.54) is 5.69 Å². The second-order valence-electron chi connectivity index (χ2n) is 14.8. The van der Waals surface area contributed by atoms with Crippen molar-refractivity contribution < 1.29 is 19.0 Å². The van der Waals surface area contributed by atoms with Gasteiger partial charge in [0.25, 0.3) is 0 Å². The molecule has 5 aromatic rings. The number of benzene rings is 3. The van der Waals surface area contributed by atoms with Gasteiger partial charge in [0.05, 0.1) is 17.0 Å². The van der Waals surface area contributed by atoms with E-state index in [0.717, 1.165) is 85.1 Å². The number of anilines is 1. The Kier molecular flexibility index (Phi) is 10.3. The van der Waals surface area contributed by atoms with E-state index in [1.807, 2.05) is 105 Å². The minimum atomic E-state index is -0.425. The molecule has 0 spiro atoms. The van der Waals surface area contributed by atoms with Crippen molar-refractivity contribution in [1.82, 2.24) is 19.7 Å². The van der Waals surface area contributed by atoms with Gasteiger partial charge in [0.15, 0.2) is 0 Å². The van der Waals surface area contributed by atoms with Crippen molar-refractivity contribution in [3.63, 3.8) is 0 Å². The van der Waals surface area contributed by atoms with Crippen molar-refractivity contribution in [3.05, 3.63) is 102 Å². The van der Waals surface area contributed by atoms with Crippen molar-refractivity contribution in [2.75, 3.05) is 31.1 Å². The van der Waals surface area contributed by atoms with Crippen molar-refractivity contribution in [2.24, 2.45) is 13.0 Å². The topological polar surface area (TPSA) is 82.0 Å². The molecule has 0 N–H and O–H groups in total. The second kappa shape index (κ2) is 15.2. The summed E-state index contributed by atoms with van der Waals surface area (Å²) in [6.07, 6.45) is 3.94. The number of hydrogen-bond donors (Lipinski definition) is 0. The highest BCUT2D eigenvalue weighted by atomic mass is 16.6. The molecule has 0 amide bonds. The lowest BCUT2D eigenvalue weighted by atomic mass is 9.85. The summed E-state index contributed by atoms with van der Waals surface area (Å²) in [5, 5.41) is 6.04. The summed E-state index contributed by atoms with van der Waals surface area (Å²) in [5.74, 6) is 0.996. The Bertz CT molecular complexity index is 1920. The normalized spacial score (nSPS) is 18.5. The first-order valence-electron chi connectivity index (χ1n) is 18.2. The fraction of sp³-hybridized carbons (Fsp3) is 0.405. The minimum Gasteiger partial charge on any atom is -0.473 e. The predicted octanol–water partition coefficient (Wildman–Crippen LogP) is 7.82. The van der Waals surface area contributed by atoms with Crippen molar-refractivity contribution in [2.45, 2.75) is 71.3 Å². The fourth-order valence-corrected chi connectivity index (χ4v) is 7.30. The monoisotopic (exact) mass is 687 g/mol. The average Bonchev–Trinajstić information content (AvgIpc) is 3.48. The van der Waals surface area contributed by atoms with Gasteiger partial charge in [-0.05, 0) is 81.8 Å². The quantitative estimate of drug-likeness (QED) is 0.138. The Morgan fingerprint density at radius 1 is 0.784 bits per heavy atom. The third-order valence-corrected chi connectivity index (χ3v) is 10.0. The molecule has 0 bridgehead atoms. The number of ether oxygens (including phenoxy) is 3. The van der Waals surface area contributed by atoms with Gasteiger partial charge in [-0.15, -0.1) is 0 Å². The number of nitrogens with zero attached hydrogens (tertiary/aromatic N) is 5. The third-order valence-electron chi connectivity index (χ3n) is 10.0. The number of aromatic nitrogens is 3. The van der Waals surface area contributed by atoms with Crippen LogP contribution in [0.4, 0.5) is 5.69 Å². The van der Waals surface area contributed by atoms with Gasteiger partial charge in [0.2, 0.25) is 11.8 Å². The van der Waals surface area contributed by atoms with E-state index in [2.05, 4.69) is 28.0 Å². The summed E-state index contributed by atoms with van der Waals surface area (Å²) in [7, 11) is 2.00. The average molecular weight is 688 g/mol. The molecule has 1 saturated heterocycles. The largest absolute Gasteiger partial charge is 0.473 e. The Morgan fingerprint density at radius 3 is 2.08 bits per heavy atom. The molecule has 1 aliphatic heterocycles. The van der Waals surface area contributed by atoms with Crippen molar-refractivity contribution in [1.29, 1.82) is 0 Å². The zero-order valence-electron chi connectivity index (χ0n) is 30.3. The summed E-state index contributed by atoms with van der Waals surface area (Å²) in [4.78, 5) is 22.5. The summed E-state index contributed by atoms with van der Waals surface area (Å²) in [5.41, 5.74) is 5.63. The molecule has 0 radical (unpaired) electrons. The van der Waals surface area contributed by atoms with Gasteiger partial charge in [0, 0.05) is 56.4 Å². The van der Waals surface area contributed by atoms with Crippen molar-refractivity contribution >= 4 is 22.6 Å². The van der Waals surface area contributed by atoms with E-state index in [0.29, 0.717) is 31.0 Å². The number of esters is 1. The highest BCUT2D eigenvalue weighted by molar-refractivity contribution is 5.96. The number of pyridine rings is 1. The van der Waals surface area contributed by atoms with Gasteiger partial charge in [-0.1, -0.05) is 60.7 Å². The van der Waals surface area contributed by atoms with Crippen LogP contribution in [0.2, 0.25) is 0 Å². The maximum atomic E-state index is 12.6. The van der Waals surface area contributed by atoms with Gasteiger partial charge in [0.1, 0.15) is 24.5 Å². The number of fused-ring (bicyclic) bond motifs is 1. The Labute approximate surface area is 301 Å². The van der Waals surface area contributed by atoms with E-state index in [4.69, 9.17) is 24.3 Å². The lowest BCUT2D eigenvalue weighted by Gasteiger charge is -2.42. The fourth-order valence-electron chi connectivity index (χ4n) is 7.30. The van der Waals surface area contributed by atoms with E-state index < -0.39 is 5.60 Å². The van der Waals surface area contributed by atoms with E-state index in [9.17, 15) is 4.79 Å². The molecule has 3 heterocycles. The van der Waals surface area contributed by atoms with Crippen LogP contribution in [-0.2, 0) is 29.8 Å². The maximum absolute atomic E-state index is 12.6. The van der Waals surface area contributed by atoms with Crippen LogP contribution in [0.3, 0.4) is 0 Å². The molecular formula is C42H49N5O4. The number of carbonyl (C=O) groups excluding carboxylic acids is 1. The van der Waals surface area contributed by atoms with Crippen LogP contribution in [0.15, 0.2) is 91.0 Å². The molecule has 0 unspecified atom stereocenters. The molecule has 1 aliphatic carbocycles. The smallest absolute Gasteiger partial charge is 0.309 e. The summed E-state index contributed by atoms with van der Waals surface area (Å²) in [6, 6.07) is 31.3. The van der Waals surface area contributed by atoms with Gasteiger partial charge >= 0.3 is 5.97 Å². The number of carbonyl (C=O) groups is 1. The van der Waals surface area contributed by atoms with Crippen LogP contribution in [0.1, 0.15) is 57.6 Å². The van der Waals surface area contributed by atoms with Crippen LogP contribution < -0.4 is 14.4 Å².